The molecule has 0 aromatic heterocycles. The van der Waals surface area contributed by atoms with Crippen LogP contribution in [0.4, 0.5) is 8.78 Å². The van der Waals surface area contributed by atoms with Gasteiger partial charge in [-0.2, -0.15) is 0 Å². The van der Waals surface area contributed by atoms with Gasteiger partial charge in [-0.1, -0.05) is 48.5 Å². The third kappa shape index (κ3) is 2.78. The lowest BCUT2D eigenvalue weighted by atomic mass is 9.91. The maximum atomic E-state index is 14.9. The molecule has 4 aromatic rings. The third-order valence-corrected chi connectivity index (χ3v) is 4.66. The smallest absolute Gasteiger partial charge is 0.166 e. The molecule has 0 aliphatic carbocycles. The van der Waals surface area contributed by atoms with Crippen molar-refractivity contribution in [2.75, 3.05) is 13.7 Å². The molecule has 0 heterocycles. The highest BCUT2D eigenvalue weighted by atomic mass is 19.1. The lowest BCUT2D eigenvalue weighted by Gasteiger charge is -2.19. The van der Waals surface area contributed by atoms with Gasteiger partial charge in [0.15, 0.2) is 23.1 Å². The molecule has 0 spiro atoms. The minimum absolute atomic E-state index is 0.0745. The molecule has 0 aliphatic heterocycles. The van der Waals surface area contributed by atoms with Crippen LogP contribution in [-0.4, -0.2) is 13.7 Å². The van der Waals surface area contributed by atoms with Gasteiger partial charge in [-0.15, -0.1) is 0 Å². The third-order valence-electron chi connectivity index (χ3n) is 4.66. The Bertz CT molecular complexity index is 1150. The van der Waals surface area contributed by atoms with Crippen LogP contribution in [0.5, 0.6) is 11.5 Å². The first-order valence-corrected chi connectivity index (χ1v) is 8.75. The lowest BCUT2D eigenvalue weighted by Crippen LogP contribution is -2.01. The molecular weight excluding hydrogens is 346 g/mol. The molecule has 4 rings (SSSR count). The maximum Gasteiger partial charge on any atom is 0.166 e. The Morgan fingerprint density at radius 2 is 1.22 bits per heavy atom. The van der Waals surface area contributed by atoms with E-state index in [0.29, 0.717) is 21.9 Å². The summed E-state index contributed by atoms with van der Waals surface area (Å²) in [6, 6.07) is 17.7. The Morgan fingerprint density at radius 1 is 0.741 bits per heavy atom. The Hall–Kier alpha value is -3.14. The summed E-state index contributed by atoms with van der Waals surface area (Å²) in [5.74, 6) is -0.807. The second-order valence-corrected chi connectivity index (χ2v) is 6.20. The van der Waals surface area contributed by atoms with Crippen LogP contribution < -0.4 is 9.47 Å². The van der Waals surface area contributed by atoms with Crippen molar-refractivity contribution in [2.45, 2.75) is 6.92 Å². The second kappa shape index (κ2) is 6.88. The van der Waals surface area contributed by atoms with Crippen LogP contribution in [0.1, 0.15) is 6.92 Å². The van der Waals surface area contributed by atoms with Gasteiger partial charge >= 0.3 is 0 Å². The zero-order valence-electron chi connectivity index (χ0n) is 15.1. The van der Waals surface area contributed by atoms with Crippen molar-refractivity contribution >= 4 is 21.5 Å². The zero-order valence-corrected chi connectivity index (χ0v) is 15.1. The van der Waals surface area contributed by atoms with E-state index in [2.05, 4.69) is 0 Å². The summed E-state index contributed by atoms with van der Waals surface area (Å²) in [7, 11) is 1.42. The molecule has 0 bridgehead atoms. The summed E-state index contributed by atoms with van der Waals surface area (Å²) >= 11 is 0. The van der Waals surface area contributed by atoms with Gasteiger partial charge in [0.05, 0.1) is 13.7 Å². The Kier molecular flexibility index (Phi) is 4.40. The predicted molar refractivity (Wildman–Crippen MR) is 105 cm³/mol. The van der Waals surface area contributed by atoms with E-state index >= 15 is 0 Å². The maximum absolute atomic E-state index is 14.9. The first-order chi connectivity index (χ1) is 13.2. The van der Waals surface area contributed by atoms with Crippen LogP contribution in [-0.2, 0) is 0 Å². The Labute approximate surface area is 156 Å². The molecule has 4 heteroatoms. The van der Waals surface area contributed by atoms with E-state index in [1.54, 1.807) is 6.92 Å². The van der Waals surface area contributed by atoms with Crippen molar-refractivity contribution in [3.63, 3.8) is 0 Å². The monoisotopic (exact) mass is 364 g/mol. The van der Waals surface area contributed by atoms with Crippen LogP contribution in [0, 0.1) is 11.6 Å². The zero-order chi connectivity index (χ0) is 19.0. The minimum atomic E-state index is -0.498. The van der Waals surface area contributed by atoms with E-state index in [1.165, 1.54) is 19.2 Å². The molecule has 0 amide bonds. The molecule has 0 fully saturated rings. The summed E-state index contributed by atoms with van der Waals surface area (Å²) < 4.78 is 40.8. The molecule has 2 nitrogen and oxygen atoms in total. The molecule has 0 N–H and O–H groups in total. The molecule has 4 aromatic carbocycles. The van der Waals surface area contributed by atoms with Gasteiger partial charge in [-0.3, -0.25) is 0 Å². The van der Waals surface area contributed by atoms with E-state index in [9.17, 15) is 8.78 Å². The van der Waals surface area contributed by atoms with Gasteiger partial charge in [-0.05, 0) is 40.6 Å². The van der Waals surface area contributed by atoms with Crippen molar-refractivity contribution in [3.8, 4) is 22.6 Å². The molecule has 0 atom stereocenters. The van der Waals surface area contributed by atoms with Gasteiger partial charge in [0.1, 0.15) is 0 Å². The normalized spacial score (nSPS) is 11.1. The largest absolute Gasteiger partial charge is 0.493 e. The van der Waals surface area contributed by atoms with E-state index in [-0.39, 0.29) is 18.1 Å². The van der Waals surface area contributed by atoms with Crippen LogP contribution >= 0.6 is 0 Å². The van der Waals surface area contributed by atoms with Crippen LogP contribution in [0.15, 0.2) is 60.7 Å². The van der Waals surface area contributed by atoms with E-state index in [1.807, 2.05) is 48.5 Å². The molecule has 136 valence electrons. The van der Waals surface area contributed by atoms with E-state index < -0.39 is 11.6 Å². The highest BCUT2D eigenvalue weighted by molar-refractivity contribution is 6.10. The summed E-state index contributed by atoms with van der Waals surface area (Å²) in [5, 5.41) is 2.97. The van der Waals surface area contributed by atoms with Crippen LogP contribution in [0.2, 0.25) is 0 Å². The van der Waals surface area contributed by atoms with Gasteiger partial charge in [-0.25, -0.2) is 8.78 Å². The van der Waals surface area contributed by atoms with E-state index in [4.69, 9.17) is 9.47 Å². The second-order valence-electron chi connectivity index (χ2n) is 6.20. The van der Waals surface area contributed by atoms with Gasteiger partial charge in [0.2, 0.25) is 0 Å². The van der Waals surface area contributed by atoms with Crippen molar-refractivity contribution in [1.29, 1.82) is 0 Å². The topological polar surface area (TPSA) is 18.5 Å². The molecular formula is C23H18F2O2. The summed E-state index contributed by atoms with van der Waals surface area (Å²) in [4.78, 5) is 0. The van der Waals surface area contributed by atoms with Crippen molar-refractivity contribution in [1.82, 2.24) is 0 Å². The van der Waals surface area contributed by atoms with Gasteiger partial charge in [0, 0.05) is 11.1 Å². The number of fused-ring (bicyclic) bond motifs is 2. The molecule has 0 aliphatic rings. The minimum Gasteiger partial charge on any atom is -0.493 e. The Morgan fingerprint density at radius 3 is 1.74 bits per heavy atom. The highest BCUT2D eigenvalue weighted by Gasteiger charge is 2.24. The molecule has 0 saturated heterocycles. The number of hydrogen-bond acceptors (Lipinski definition) is 2. The molecule has 0 saturated carbocycles. The first-order valence-electron chi connectivity index (χ1n) is 8.75. The Balaban J connectivity index is 2.25. The standard InChI is InChI=1S/C23H18F2O2/c1-3-27-23-19(25)13-15-9-5-7-11-17(15)21(23)20-16-10-6-4-8-14(16)12-18(24)22(20)26-2/h4-13H,3H2,1-2H3. The average Bonchev–Trinajstić information content (AvgIpc) is 2.68. The van der Waals surface area contributed by atoms with E-state index in [0.717, 1.165) is 10.8 Å². The lowest BCUT2D eigenvalue weighted by molar-refractivity contribution is 0.323. The number of methoxy groups -OCH3 is 1. The molecule has 0 unspecified atom stereocenters. The number of benzene rings is 4. The number of hydrogen-bond donors (Lipinski definition) is 0. The fourth-order valence-corrected chi connectivity index (χ4v) is 3.57. The van der Waals surface area contributed by atoms with Gasteiger partial charge in [0.25, 0.3) is 0 Å². The number of ether oxygens (including phenoxy) is 2. The number of halogens is 2. The fraction of sp³-hybridized carbons (Fsp3) is 0.130. The van der Waals surface area contributed by atoms with Crippen molar-refractivity contribution in [3.05, 3.63) is 72.3 Å². The van der Waals surface area contributed by atoms with Crippen molar-refractivity contribution in [2.24, 2.45) is 0 Å². The average molecular weight is 364 g/mol. The van der Waals surface area contributed by atoms with Crippen molar-refractivity contribution < 1.29 is 18.3 Å². The highest BCUT2D eigenvalue weighted by Crippen LogP contribution is 2.47. The summed E-state index contributed by atoms with van der Waals surface area (Å²) in [6.07, 6.45) is 0. The summed E-state index contributed by atoms with van der Waals surface area (Å²) in [5.41, 5.74) is 0.993. The first kappa shape index (κ1) is 17.3. The SMILES string of the molecule is CCOc1c(F)cc2ccccc2c1-c1c(OC)c(F)cc2ccccc12. The quantitative estimate of drug-likeness (QED) is 0.420. The van der Waals surface area contributed by atoms with Crippen LogP contribution in [0.25, 0.3) is 32.7 Å². The predicted octanol–water partition coefficient (Wildman–Crippen LogP) is 6.35. The molecule has 0 radical (unpaired) electrons. The van der Waals surface area contributed by atoms with Crippen LogP contribution in [0.3, 0.4) is 0 Å². The summed E-state index contributed by atoms with van der Waals surface area (Å²) in [6.45, 7) is 2.08. The van der Waals surface area contributed by atoms with Gasteiger partial charge < -0.3 is 9.47 Å². The fourth-order valence-electron chi connectivity index (χ4n) is 3.57. The number of rotatable bonds is 4. The molecule has 27 heavy (non-hydrogen) atoms.